The Kier molecular flexibility index (Phi) is 4.93. The van der Waals surface area contributed by atoms with Crippen LogP contribution >= 0.6 is 11.6 Å². The van der Waals surface area contributed by atoms with Gasteiger partial charge in [0.15, 0.2) is 0 Å². The molecule has 0 saturated carbocycles. The number of nitrogens with zero attached hydrogens (tertiary/aromatic N) is 2. The van der Waals surface area contributed by atoms with Crippen LogP contribution in [0.25, 0.3) is 0 Å². The van der Waals surface area contributed by atoms with E-state index in [1.165, 1.54) is 58.3 Å². The second-order valence-electron chi connectivity index (χ2n) is 5.38. The highest BCUT2D eigenvalue weighted by Crippen LogP contribution is 2.24. The maximum absolute atomic E-state index is 5.70. The first-order chi connectivity index (χ1) is 7.81. The highest BCUT2D eigenvalue weighted by atomic mass is 35.5. The third kappa shape index (κ3) is 3.12. The van der Waals surface area contributed by atoms with E-state index in [-0.39, 0.29) is 0 Å². The Hall–Kier alpha value is 0.210. The van der Waals surface area contributed by atoms with Gasteiger partial charge in [0.2, 0.25) is 0 Å². The highest BCUT2D eigenvalue weighted by molar-refractivity contribution is 6.17. The number of fused-ring (bicyclic) bond motifs is 1. The number of piperazine rings is 1. The van der Waals surface area contributed by atoms with E-state index in [0.717, 1.165) is 18.0 Å². The molecule has 0 aliphatic carbocycles. The third-order valence-electron chi connectivity index (χ3n) is 4.15. The van der Waals surface area contributed by atoms with Crippen molar-refractivity contribution in [2.24, 2.45) is 0 Å². The monoisotopic (exact) mass is 244 g/mol. The lowest BCUT2D eigenvalue weighted by Crippen LogP contribution is -2.54. The van der Waals surface area contributed by atoms with E-state index >= 15 is 0 Å². The molecular formula is C13H25ClN2. The maximum Gasteiger partial charge on any atom is 0.0224 e. The molecule has 0 spiro atoms. The van der Waals surface area contributed by atoms with Crippen LogP contribution < -0.4 is 0 Å². The van der Waals surface area contributed by atoms with E-state index in [9.17, 15) is 0 Å². The van der Waals surface area contributed by atoms with Gasteiger partial charge in [-0.2, -0.15) is 0 Å². The number of alkyl halides is 1. The number of unbranched alkanes of at least 4 members (excludes halogenated alkanes) is 2. The zero-order chi connectivity index (χ0) is 11.4. The lowest BCUT2D eigenvalue weighted by atomic mass is 10.1. The van der Waals surface area contributed by atoms with Gasteiger partial charge in [-0.15, -0.1) is 11.6 Å². The van der Waals surface area contributed by atoms with Gasteiger partial charge in [-0.25, -0.2) is 0 Å². The summed E-state index contributed by atoms with van der Waals surface area (Å²) in [6, 6.07) is 1.62. The zero-order valence-corrected chi connectivity index (χ0v) is 11.3. The van der Waals surface area contributed by atoms with Crippen LogP contribution in [0.2, 0.25) is 0 Å². The summed E-state index contributed by atoms with van der Waals surface area (Å²) < 4.78 is 0. The highest BCUT2D eigenvalue weighted by Gasteiger charge is 2.33. The predicted molar refractivity (Wildman–Crippen MR) is 70.2 cm³/mol. The van der Waals surface area contributed by atoms with E-state index < -0.39 is 0 Å². The van der Waals surface area contributed by atoms with E-state index in [1.54, 1.807) is 0 Å². The SMILES string of the molecule is CC1CN2CCCC2CN1CCCCCCl. The van der Waals surface area contributed by atoms with Crippen LogP contribution in [0.3, 0.4) is 0 Å². The van der Waals surface area contributed by atoms with Crippen LogP contribution in [0.4, 0.5) is 0 Å². The Labute approximate surface area is 105 Å². The first kappa shape index (κ1) is 12.7. The summed E-state index contributed by atoms with van der Waals surface area (Å²) in [6.07, 6.45) is 6.63. The topological polar surface area (TPSA) is 6.48 Å². The fraction of sp³-hybridized carbons (Fsp3) is 1.00. The Bertz CT molecular complexity index is 210. The first-order valence-electron chi connectivity index (χ1n) is 6.85. The Morgan fingerprint density at radius 1 is 1.19 bits per heavy atom. The lowest BCUT2D eigenvalue weighted by molar-refractivity contribution is 0.0584. The second-order valence-corrected chi connectivity index (χ2v) is 5.76. The quantitative estimate of drug-likeness (QED) is 0.542. The molecule has 0 N–H and O–H groups in total. The van der Waals surface area contributed by atoms with Gasteiger partial charge in [0.05, 0.1) is 0 Å². The van der Waals surface area contributed by atoms with Gasteiger partial charge >= 0.3 is 0 Å². The van der Waals surface area contributed by atoms with Crippen molar-refractivity contribution in [1.29, 1.82) is 0 Å². The summed E-state index contributed by atoms with van der Waals surface area (Å²) in [4.78, 5) is 5.39. The molecule has 0 radical (unpaired) electrons. The molecule has 94 valence electrons. The van der Waals surface area contributed by atoms with Crippen molar-refractivity contribution in [3.8, 4) is 0 Å². The third-order valence-corrected chi connectivity index (χ3v) is 4.41. The molecule has 2 saturated heterocycles. The molecule has 2 heterocycles. The average molecular weight is 245 g/mol. The normalized spacial score (nSPS) is 31.9. The number of rotatable bonds is 5. The zero-order valence-electron chi connectivity index (χ0n) is 10.5. The van der Waals surface area contributed by atoms with Crippen molar-refractivity contribution in [2.45, 2.75) is 51.1 Å². The molecule has 0 aromatic carbocycles. The molecule has 2 nitrogen and oxygen atoms in total. The molecule has 16 heavy (non-hydrogen) atoms. The molecule has 2 rings (SSSR count). The molecule has 2 aliphatic heterocycles. The van der Waals surface area contributed by atoms with Crippen molar-refractivity contribution < 1.29 is 0 Å². The Balaban J connectivity index is 1.72. The Morgan fingerprint density at radius 2 is 2.06 bits per heavy atom. The molecule has 0 aromatic heterocycles. The summed E-state index contributed by atoms with van der Waals surface area (Å²) in [7, 11) is 0. The summed E-state index contributed by atoms with van der Waals surface area (Å²) in [5.41, 5.74) is 0. The van der Waals surface area contributed by atoms with Gasteiger partial charge in [-0.05, 0) is 45.7 Å². The van der Waals surface area contributed by atoms with Crippen LogP contribution in [-0.4, -0.2) is 53.9 Å². The average Bonchev–Trinajstić information content (AvgIpc) is 2.71. The first-order valence-corrected chi connectivity index (χ1v) is 7.39. The fourth-order valence-electron chi connectivity index (χ4n) is 3.15. The second kappa shape index (κ2) is 6.23. The summed E-state index contributed by atoms with van der Waals surface area (Å²) >= 11 is 5.70. The molecule has 0 aromatic rings. The van der Waals surface area contributed by atoms with E-state index in [4.69, 9.17) is 11.6 Å². The smallest absolute Gasteiger partial charge is 0.0224 e. The van der Waals surface area contributed by atoms with Gasteiger partial charge in [-0.3, -0.25) is 9.80 Å². The molecular weight excluding hydrogens is 220 g/mol. The number of hydrogen-bond donors (Lipinski definition) is 0. The van der Waals surface area contributed by atoms with Gasteiger partial charge in [-0.1, -0.05) is 6.42 Å². The minimum absolute atomic E-state index is 0.755. The van der Waals surface area contributed by atoms with Gasteiger partial charge < -0.3 is 0 Å². The maximum atomic E-state index is 5.70. The van der Waals surface area contributed by atoms with Gasteiger partial charge in [0.1, 0.15) is 0 Å². The molecule has 2 atom stereocenters. The molecule has 2 aliphatic rings. The minimum atomic E-state index is 0.755. The minimum Gasteiger partial charge on any atom is -0.298 e. The standard InChI is InChI=1S/C13H25ClN2/c1-12-10-16-9-5-6-13(16)11-15(12)8-4-2-3-7-14/h12-13H,2-11H2,1H3. The van der Waals surface area contributed by atoms with Gasteiger partial charge in [0.25, 0.3) is 0 Å². The van der Waals surface area contributed by atoms with Crippen molar-refractivity contribution in [3.05, 3.63) is 0 Å². The van der Waals surface area contributed by atoms with Crippen LogP contribution in [0.15, 0.2) is 0 Å². The van der Waals surface area contributed by atoms with E-state index in [0.29, 0.717) is 0 Å². The summed E-state index contributed by atoms with van der Waals surface area (Å²) in [5.74, 6) is 0.825. The van der Waals surface area contributed by atoms with Crippen molar-refractivity contribution >= 4 is 11.6 Å². The van der Waals surface area contributed by atoms with Crippen molar-refractivity contribution in [2.75, 3.05) is 32.1 Å². The lowest BCUT2D eigenvalue weighted by Gasteiger charge is -2.42. The predicted octanol–water partition coefficient (Wildman–Crippen LogP) is 2.56. The van der Waals surface area contributed by atoms with E-state index in [2.05, 4.69) is 16.7 Å². The fourth-order valence-corrected chi connectivity index (χ4v) is 3.33. The van der Waals surface area contributed by atoms with Gasteiger partial charge in [0, 0.05) is 31.1 Å². The number of hydrogen-bond acceptors (Lipinski definition) is 2. The molecule has 2 fully saturated rings. The van der Waals surface area contributed by atoms with Crippen LogP contribution in [0.1, 0.15) is 39.0 Å². The summed E-state index contributed by atoms with van der Waals surface area (Å²) in [5, 5.41) is 0. The van der Waals surface area contributed by atoms with Crippen LogP contribution in [-0.2, 0) is 0 Å². The molecule has 0 amide bonds. The van der Waals surface area contributed by atoms with Crippen LogP contribution in [0.5, 0.6) is 0 Å². The van der Waals surface area contributed by atoms with E-state index in [1.807, 2.05) is 0 Å². The summed E-state index contributed by atoms with van der Waals surface area (Å²) in [6.45, 7) is 7.61. The number of halogens is 1. The molecule has 2 unspecified atom stereocenters. The molecule has 0 bridgehead atoms. The van der Waals surface area contributed by atoms with Crippen LogP contribution in [0, 0.1) is 0 Å². The van der Waals surface area contributed by atoms with Crippen molar-refractivity contribution in [3.63, 3.8) is 0 Å². The largest absolute Gasteiger partial charge is 0.298 e. The Morgan fingerprint density at radius 3 is 2.88 bits per heavy atom. The van der Waals surface area contributed by atoms with Crippen molar-refractivity contribution in [1.82, 2.24) is 9.80 Å². The molecule has 3 heteroatoms.